The van der Waals surface area contributed by atoms with Gasteiger partial charge >= 0.3 is 0 Å². The molecule has 1 aromatic carbocycles. The summed E-state index contributed by atoms with van der Waals surface area (Å²) >= 11 is 0. The van der Waals surface area contributed by atoms with E-state index >= 15 is 0 Å². The minimum Gasteiger partial charge on any atom is -0.488 e. The summed E-state index contributed by atoms with van der Waals surface area (Å²) in [6, 6.07) is 2.02. The van der Waals surface area contributed by atoms with E-state index in [2.05, 4.69) is 33.1 Å². The topological polar surface area (TPSA) is 46.2 Å². The number of fused-ring (bicyclic) bond motifs is 5. The first kappa shape index (κ1) is 19.0. The predicted molar refractivity (Wildman–Crippen MR) is 108 cm³/mol. The van der Waals surface area contributed by atoms with Gasteiger partial charge < -0.3 is 23.7 Å². The Kier molecular flexibility index (Phi) is 4.29. The first-order chi connectivity index (χ1) is 13.8. The van der Waals surface area contributed by atoms with Crippen LogP contribution in [0.5, 0.6) is 17.2 Å². The molecule has 6 unspecified atom stereocenters. The van der Waals surface area contributed by atoms with Gasteiger partial charge in [0.15, 0.2) is 0 Å². The molecule has 6 atom stereocenters. The van der Waals surface area contributed by atoms with Gasteiger partial charge in [0, 0.05) is 42.9 Å². The van der Waals surface area contributed by atoms with Gasteiger partial charge in [-0.2, -0.15) is 0 Å². The summed E-state index contributed by atoms with van der Waals surface area (Å²) < 4.78 is 31.3. The molecule has 5 nitrogen and oxygen atoms in total. The summed E-state index contributed by atoms with van der Waals surface area (Å²) in [6.07, 6.45) is 3.53. The normalized spacial score (nSPS) is 39.2. The molecule has 1 aromatic rings. The number of hydrogen-bond acceptors (Lipinski definition) is 5. The van der Waals surface area contributed by atoms with Gasteiger partial charge in [-0.1, -0.05) is 20.4 Å². The molecule has 29 heavy (non-hydrogen) atoms. The van der Waals surface area contributed by atoms with Gasteiger partial charge in [-0.3, -0.25) is 0 Å². The summed E-state index contributed by atoms with van der Waals surface area (Å²) in [4.78, 5) is 0. The van der Waals surface area contributed by atoms with Crippen LogP contribution in [0.15, 0.2) is 24.5 Å². The first-order valence-electron chi connectivity index (χ1n) is 10.7. The maximum absolute atomic E-state index is 6.61. The van der Waals surface area contributed by atoms with Crippen molar-refractivity contribution in [2.75, 3.05) is 19.8 Å². The molecule has 0 spiro atoms. The Bertz CT molecular complexity index is 888. The molecule has 4 heterocycles. The van der Waals surface area contributed by atoms with E-state index in [9.17, 15) is 0 Å². The second kappa shape index (κ2) is 6.53. The third-order valence-corrected chi connectivity index (χ3v) is 7.32. The molecule has 5 heteroatoms. The fourth-order valence-corrected chi connectivity index (χ4v) is 5.54. The highest BCUT2D eigenvalue weighted by molar-refractivity contribution is 5.60. The molecule has 0 saturated carbocycles. The molecule has 0 aromatic heterocycles. The van der Waals surface area contributed by atoms with Crippen LogP contribution in [0.4, 0.5) is 0 Å². The lowest BCUT2D eigenvalue weighted by Gasteiger charge is -2.43. The van der Waals surface area contributed by atoms with Crippen molar-refractivity contribution in [2.24, 2.45) is 23.7 Å². The van der Waals surface area contributed by atoms with E-state index in [-0.39, 0.29) is 0 Å². The molecule has 0 bridgehead atoms. The monoisotopic (exact) mass is 398 g/mol. The Hall–Kier alpha value is -1.94. The van der Waals surface area contributed by atoms with E-state index in [1.54, 1.807) is 6.08 Å². The summed E-state index contributed by atoms with van der Waals surface area (Å²) in [5, 5.41) is 0. The molecular formula is C24H30O5. The van der Waals surface area contributed by atoms with Crippen LogP contribution in [0.25, 0.3) is 0 Å². The van der Waals surface area contributed by atoms with E-state index in [4.69, 9.17) is 23.7 Å². The molecule has 2 saturated heterocycles. The fourth-order valence-electron chi connectivity index (χ4n) is 5.54. The Morgan fingerprint density at radius 3 is 2.34 bits per heavy atom. The standard InChI is InChI=1S/C24H30O5/c1-6-7-8-25-20-11-21-17(10-18-14(2)12-26-23(18,4)28-21)22-16(20)9-19-15(3)13-27-24(19,5)29-22/h7,11,14-15,18-19H,1,8-10,12-13H2,2-5H3. The number of rotatable bonds is 3. The van der Waals surface area contributed by atoms with E-state index in [0.29, 0.717) is 36.9 Å². The van der Waals surface area contributed by atoms with Gasteiger partial charge in [0.2, 0.25) is 11.6 Å². The van der Waals surface area contributed by atoms with E-state index in [1.165, 1.54) is 0 Å². The Balaban J connectivity index is 1.61. The average Bonchev–Trinajstić information content (AvgIpc) is 3.14. The maximum Gasteiger partial charge on any atom is 0.211 e. The molecule has 0 radical (unpaired) electrons. The number of ether oxygens (including phenoxy) is 5. The van der Waals surface area contributed by atoms with Crippen LogP contribution in [0.2, 0.25) is 0 Å². The first-order valence-corrected chi connectivity index (χ1v) is 10.7. The van der Waals surface area contributed by atoms with E-state index in [1.807, 2.05) is 13.0 Å². The van der Waals surface area contributed by atoms with Crippen LogP contribution < -0.4 is 14.2 Å². The molecule has 2 fully saturated rings. The van der Waals surface area contributed by atoms with E-state index in [0.717, 1.165) is 47.8 Å². The molecule has 0 N–H and O–H groups in total. The molecule has 4 aliphatic rings. The van der Waals surface area contributed by atoms with Crippen LogP contribution in [-0.2, 0) is 22.3 Å². The van der Waals surface area contributed by atoms with Gasteiger partial charge in [0.25, 0.3) is 0 Å². The highest BCUT2D eigenvalue weighted by Gasteiger charge is 2.54. The zero-order valence-corrected chi connectivity index (χ0v) is 17.7. The lowest BCUT2D eigenvalue weighted by atomic mass is 9.78. The quantitative estimate of drug-likeness (QED) is 0.712. The van der Waals surface area contributed by atoms with Gasteiger partial charge in [-0.15, -0.1) is 5.73 Å². The van der Waals surface area contributed by atoms with E-state index < -0.39 is 11.6 Å². The zero-order chi connectivity index (χ0) is 20.4. The summed E-state index contributed by atoms with van der Waals surface area (Å²) in [5.74, 6) is 2.76. The zero-order valence-electron chi connectivity index (χ0n) is 17.7. The summed E-state index contributed by atoms with van der Waals surface area (Å²) in [6.45, 7) is 14.0. The number of benzene rings is 1. The van der Waals surface area contributed by atoms with Crippen molar-refractivity contribution in [3.8, 4) is 17.2 Å². The van der Waals surface area contributed by atoms with Crippen molar-refractivity contribution in [2.45, 2.75) is 52.1 Å². The second-order valence-electron chi connectivity index (χ2n) is 9.31. The van der Waals surface area contributed by atoms with Crippen molar-refractivity contribution >= 4 is 0 Å². The van der Waals surface area contributed by atoms with Gasteiger partial charge in [-0.25, -0.2) is 0 Å². The predicted octanol–water partition coefficient (Wildman–Crippen LogP) is 4.27. The molecule has 0 aliphatic carbocycles. The third kappa shape index (κ3) is 2.83. The lowest BCUT2D eigenvalue weighted by molar-refractivity contribution is -0.174. The van der Waals surface area contributed by atoms with Crippen molar-refractivity contribution < 1.29 is 23.7 Å². The van der Waals surface area contributed by atoms with Crippen molar-refractivity contribution in [1.82, 2.24) is 0 Å². The summed E-state index contributed by atoms with van der Waals surface area (Å²) in [5.41, 5.74) is 5.01. The maximum atomic E-state index is 6.61. The lowest BCUT2D eigenvalue weighted by Crippen LogP contribution is -2.46. The second-order valence-corrected chi connectivity index (χ2v) is 9.31. The Labute approximate surface area is 172 Å². The van der Waals surface area contributed by atoms with Crippen LogP contribution in [0, 0.1) is 23.7 Å². The summed E-state index contributed by atoms with van der Waals surface area (Å²) in [7, 11) is 0. The highest BCUT2D eigenvalue weighted by atomic mass is 16.7. The molecule has 4 aliphatic heterocycles. The highest BCUT2D eigenvalue weighted by Crippen LogP contribution is 2.55. The van der Waals surface area contributed by atoms with Gasteiger partial charge in [-0.05, 0) is 30.8 Å². The van der Waals surface area contributed by atoms with Gasteiger partial charge in [0.1, 0.15) is 23.9 Å². The van der Waals surface area contributed by atoms with Crippen LogP contribution >= 0.6 is 0 Å². The Morgan fingerprint density at radius 1 is 1.07 bits per heavy atom. The SMILES string of the molecule is C=C=CCOc1cc2c(c3c1CC1C(C)COC1(C)O3)CC1C(C)COC1(C)O2. The van der Waals surface area contributed by atoms with Crippen molar-refractivity contribution in [3.05, 3.63) is 35.6 Å². The fraction of sp³-hybridized carbons (Fsp3) is 0.625. The third-order valence-electron chi connectivity index (χ3n) is 7.32. The van der Waals surface area contributed by atoms with Crippen LogP contribution in [-0.4, -0.2) is 31.4 Å². The van der Waals surface area contributed by atoms with Crippen LogP contribution in [0.1, 0.15) is 38.8 Å². The van der Waals surface area contributed by atoms with Crippen LogP contribution in [0.3, 0.4) is 0 Å². The average molecular weight is 398 g/mol. The van der Waals surface area contributed by atoms with Crippen molar-refractivity contribution in [1.29, 1.82) is 0 Å². The van der Waals surface area contributed by atoms with Crippen molar-refractivity contribution in [3.63, 3.8) is 0 Å². The molecule has 156 valence electrons. The Morgan fingerprint density at radius 2 is 1.69 bits per heavy atom. The molecule has 5 rings (SSSR count). The number of hydrogen-bond donors (Lipinski definition) is 0. The van der Waals surface area contributed by atoms with Gasteiger partial charge in [0.05, 0.1) is 13.2 Å². The minimum absolute atomic E-state index is 0.298. The molecular weight excluding hydrogens is 368 g/mol. The molecule has 0 amide bonds. The largest absolute Gasteiger partial charge is 0.488 e. The minimum atomic E-state index is -0.599. The smallest absolute Gasteiger partial charge is 0.211 e.